The molecule has 2 aromatic rings. The third kappa shape index (κ3) is 1.44. The first-order valence-electron chi connectivity index (χ1n) is 5.05. The van der Waals surface area contributed by atoms with Crippen LogP contribution < -0.4 is 0 Å². The molecule has 0 bridgehead atoms. The molecule has 1 aromatic carbocycles. The summed E-state index contributed by atoms with van der Waals surface area (Å²) in [6.45, 7) is 4.26. The van der Waals surface area contributed by atoms with Crippen molar-refractivity contribution < 1.29 is 4.79 Å². The lowest BCUT2D eigenvalue weighted by Crippen LogP contribution is -1.94. The van der Waals surface area contributed by atoms with E-state index in [1.54, 1.807) is 0 Å². The second kappa shape index (κ2) is 3.50. The number of benzene rings is 1. The number of nitrogens with zero attached hydrogens (tertiary/aromatic N) is 2. The van der Waals surface area contributed by atoms with E-state index in [-0.39, 0.29) is 0 Å². The lowest BCUT2D eigenvalue weighted by atomic mass is 10.0. The van der Waals surface area contributed by atoms with Gasteiger partial charge in [-0.15, -0.1) is 0 Å². The number of carbonyl (C=O) groups is 1. The van der Waals surface area contributed by atoms with Gasteiger partial charge in [-0.25, -0.2) is 4.98 Å². The minimum Gasteiger partial charge on any atom is -0.325 e. The van der Waals surface area contributed by atoms with Gasteiger partial charge in [-0.05, 0) is 17.5 Å². The van der Waals surface area contributed by atoms with Crippen LogP contribution in [0.15, 0.2) is 18.2 Å². The van der Waals surface area contributed by atoms with E-state index in [9.17, 15) is 4.79 Å². The van der Waals surface area contributed by atoms with Crippen molar-refractivity contribution in [1.29, 1.82) is 0 Å². The van der Waals surface area contributed by atoms with Crippen molar-refractivity contribution in [2.75, 3.05) is 0 Å². The lowest BCUT2D eigenvalue weighted by Gasteiger charge is -2.05. The predicted molar refractivity (Wildman–Crippen MR) is 60.2 cm³/mol. The van der Waals surface area contributed by atoms with E-state index < -0.39 is 0 Å². The van der Waals surface area contributed by atoms with Crippen LogP contribution in [0.5, 0.6) is 0 Å². The molecule has 0 atom stereocenters. The van der Waals surface area contributed by atoms with Gasteiger partial charge in [0.05, 0.1) is 11.0 Å². The highest BCUT2D eigenvalue weighted by atomic mass is 16.1. The van der Waals surface area contributed by atoms with Crippen LogP contribution >= 0.6 is 0 Å². The molecule has 3 nitrogen and oxygen atoms in total. The molecule has 0 aliphatic heterocycles. The first-order chi connectivity index (χ1) is 7.15. The zero-order chi connectivity index (χ0) is 11.0. The zero-order valence-corrected chi connectivity index (χ0v) is 9.19. The van der Waals surface area contributed by atoms with Crippen LogP contribution in [0.1, 0.15) is 35.9 Å². The molecule has 1 aromatic heterocycles. The summed E-state index contributed by atoms with van der Waals surface area (Å²) in [7, 11) is 1.86. The van der Waals surface area contributed by atoms with Gasteiger partial charge in [-0.2, -0.15) is 0 Å². The zero-order valence-electron chi connectivity index (χ0n) is 9.19. The van der Waals surface area contributed by atoms with E-state index in [2.05, 4.69) is 24.9 Å². The molecule has 0 unspecified atom stereocenters. The van der Waals surface area contributed by atoms with Crippen molar-refractivity contribution in [3.05, 3.63) is 29.6 Å². The first-order valence-corrected chi connectivity index (χ1v) is 5.05. The minimum atomic E-state index is 0.420. The van der Waals surface area contributed by atoms with Crippen molar-refractivity contribution in [3.8, 4) is 0 Å². The Balaban J connectivity index is 2.81. The van der Waals surface area contributed by atoms with E-state index in [0.717, 1.165) is 17.3 Å². The van der Waals surface area contributed by atoms with Crippen molar-refractivity contribution >= 4 is 17.3 Å². The van der Waals surface area contributed by atoms with Crippen LogP contribution in [-0.2, 0) is 7.05 Å². The Kier molecular flexibility index (Phi) is 2.31. The summed E-state index contributed by atoms with van der Waals surface area (Å²) in [5, 5.41) is 0. The van der Waals surface area contributed by atoms with Crippen LogP contribution in [0.2, 0.25) is 0 Å². The molecule has 1 heterocycles. The average molecular weight is 202 g/mol. The van der Waals surface area contributed by atoms with E-state index in [4.69, 9.17) is 0 Å². The molecule has 0 amide bonds. The molecule has 0 saturated carbocycles. The molecular formula is C12H14N2O. The normalized spacial score (nSPS) is 11.2. The second-order valence-corrected chi connectivity index (χ2v) is 4.02. The Morgan fingerprint density at radius 3 is 2.73 bits per heavy atom. The quantitative estimate of drug-likeness (QED) is 0.701. The summed E-state index contributed by atoms with van der Waals surface area (Å²) >= 11 is 0. The molecule has 78 valence electrons. The van der Waals surface area contributed by atoms with Crippen LogP contribution in [0.3, 0.4) is 0 Å². The monoisotopic (exact) mass is 202 g/mol. The topological polar surface area (TPSA) is 34.9 Å². The Labute approximate surface area is 88.7 Å². The highest BCUT2D eigenvalue weighted by Gasteiger charge is 2.11. The number of rotatable bonds is 2. The number of para-hydroxylation sites is 1. The number of aldehydes is 1. The van der Waals surface area contributed by atoms with Crippen LogP contribution in [0.4, 0.5) is 0 Å². The number of hydrogen-bond acceptors (Lipinski definition) is 2. The van der Waals surface area contributed by atoms with Gasteiger partial charge >= 0.3 is 0 Å². The van der Waals surface area contributed by atoms with E-state index >= 15 is 0 Å². The number of imidazole rings is 1. The fourth-order valence-electron chi connectivity index (χ4n) is 1.83. The Morgan fingerprint density at radius 2 is 2.13 bits per heavy atom. The van der Waals surface area contributed by atoms with Crippen LogP contribution in [-0.4, -0.2) is 15.8 Å². The van der Waals surface area contributed by atoms with Gasteiger partial charge in [0.15, 0.2) is 12.1 Å². The van der Waals surface area contributed by atoms with Gasteiger partial charge in [-0.3, -0.25) is 4.79 Å². The summed E-state index contributed by atoms with van der Waals surface area (Å²) in [6, 6.07) is 6.06. The average Bonchev–Trinajstić information content (AvgIpc) is 2.55. The van der Waals surface area contributed by atoms with Gasteiger partial charge in [0, 0.05) is 7.05 Å². The fourth-order valence-corrected chi connectivity index (χ4v) is 1.83. The summed E-state index contributed by atoms with van der Waals surface area (Å²) < 4.78 is 1.83. The molecule has 15 heavy (non-hydrogen) atoms. The summed E-state index contributed by atoms with van der Waals surface area (Å²) in [5.41, 5.74) is 3.15. The van der Waals surface area contributed by atoms with Gasteiger partial charge in [0.2, 0.25) is 0 Å². The molecular weight excluding hydrogens is 188 g/mol. The Hall–Kier alpha value is -1.64. The predicted octanol–water partition coefficient (Wildman–Crippen LogP) is 2.51. The summed E-state index contributed by atoms with van der Waals surface area (Å²) in [4.78, 5) is 15.1. The standard InChI is InChI=1S/C12H14N2O/c1-8(2)9-5-4-6-10-12(9)13-11(7-15)14(10)3/h4-8H,1-3H3. The van der Waals surface area contributed by atoms with Gasteiger partial charge in [0.1, 0.15) is 0 Å². The number of carbonyl (C=O) groups excluding carboxylic acids is 1. The van der Waals surface area contributed by atoms with Gasteiger partial charge in [-0.1, -0.05) is 26.0 Å². The summed E-state index contributed by atoms with van der Waals surface area (Å²) in [5.74, 6) is 0.904. The second-order valence-electron chi connectivity index (χ2n) is 4.02. The first kappa shape index (κ1) is 9.90. The van der Waals surface area contributed by atoms with Crippen molar-refractivity contribution in [2.24, 2.45) is 7.05 Å². The maximum atomic E-state index is 10.8. The molecule has 0 radical (unpaired) electrons. The summed E-state index contributed by atoms with van der Waals surface area (Å²) in [6.07, 6.45) is 0.796. The number of aryl methyl sites for hydroxylation is 1. The van der Waals surface area contributed by atoms with E-state index in [0.29, 0.717) is 11.7 Å². The molecule has 0 N–H and O–H groups in total. The molecule has 0 fully saturated rings. The van der Waals surface area contributed by atoms with Crippen LogP contribution in [0.25, 0.3) is 11.0 Å². The number of aromatic nitrogens is 2. The van der Waals surface area contributed by atoms with E-state index in [1.807, 2.05) is 23.7 Å². The third-order valence-electron chi connectivity index (χ3n) is 2.70. The largest absolute Gasteiger partial charge is 0.325 e. The Morgan fingerprint density at radius 1 is 1.40 bits per heavy atom. The highest BCUT2D eigenvalue weighted by Crippen LogP contribution is 2.24. The maximum absolute atomic E-state index is 10.8. The highest BCUT2D eigenvalue weighted by molar-refractivity contribution is 5.85. The molecule has 0 aliphatic carbocycles. The minimum absolute atomic E-state index is 0.420. The SMILES string of the molecule is CC(C)c1cccc2c1nc(C=O)n2C. The molecule has 0 aliphatic rings. The lowest BCUT2D eigenvalue weighted by molar-refractivity contribution is 0.111. The van der Waals surface area contributed by atoms with Crippen molar-refractivity contribution in [2.45, 2.75) is 19.8 Å². The fraction of sp³-hybridized carbons (Fsp3) is 0.333. The molecule has 2 rings (SSSR count). The number of hydrogen-bond donors (Lipinski definition) is 0. The molecule has 0 saturated heterocycles. The number of fused-ring (bicyclic) bond motifs is 1. The van der Waals surface area contributed by atoms with Crippen LogP contribution in [0, 0.1) is 0 Å². The third-order valence-corrected chi connectivity index (χ3v) is 2.70. The smallest absolute Gasteiger partial charge is 0.185 e. The van der Waals surface area contributed by atoms with E-state index in [1.165, 1.54) is 5.56 Å². The maximum Gasteiger partial charge on any atom is 0.185 e. The Bertz CT molecular complexity index is 512. The van der Waals surface area contributed by atoms with Crippen molar-refractivity contribution in [1.82, 2.24) is 9.55 Å². The van der Waals surface area contributed by atoms with Crippen molar-refractivity contribution in [3.63, 3.8) is 0 Å². The van der Waals surface area contributed by atoms with Gasteiger partial charge < -0.3 is 4.57 Å². The van der Waals surface area contributed by atoms with Gasteiger partial charge in [0.25, 0.3) is 0 Å². The molecule has 0 spiro atoms. The molecule has 3 heteroatoms.